The first-order chi connectivity index (χ1) is 15.2. The predicted octanol–water partition coefficient (Wildman–Crippen LogP) is 2.16. The van der Waals surface area contributed by atoms with Gasteiger partial charge in [0, 0.05) is 43.5 Å². The Balaban J connectivity index is 1.49. The summed E-state index contributed by atoms with van der Waals surface area (Å²) in [6.07, 6.45) is 4.99. The van der Waals surface area contributed by atoms with E-state index in [1.54, 1.807) is 34.7 Å². The summed E-state index contributed by atoms with van der Waals surface area (Å²) in [5, 5.41) is 18.6. The first-order valence-electron chi connectivity index (χ1n) is 9.91. The highest BCUT2D eigenvalue weighted by molar-refractivity contribution is 5.95. The number of carbonyl (C=O) groups is 1. The third-order valence-electron chi connectivity index (χ3n) is 4.70. The van der Waals surface area contributed by atoms with E-state index < -0.39 is 0 Å². The van der Waals surface area contributed by atoms with Gasteiger partial charge in [-0.15, -0.1) is 5.10 Å². The number of aryl methyl sites for hydroxylation is 2. The fourth-order valence-electron chi connectivity index (χ4n) is 3.06. The molecule has 0 atom stereocenters. The molecule has 0 aliphatic carbocycles. The van der Waals surface area contributed by atoms with Gasteiger partial charge in [-0.2, -0.15) is 5.10 Å². The third-order valence-corrected chi connectivity index (χ3v) is 4.70. The van der Waals surface area contributed by atoms with E-state index in [0.29, 0.717) is 18.5 Å². The minimum absolute atomic E-state index is 0.147. The minimum atomic E-state index is -0.147. The highest BCUT2D eigenvalue weighted by Crippen LogP contribution is 2.16. The van der Waals surface area contributed by atoms with Crippen LogP contribution in [0.25, 0.3) is 5.69 Å². The normalized spacial score (nSPS) is 10.4. The van der Waals surface area contributed by atoms with Gasteiger partial charge in [0.05, 0.1) is 11.3 Å². The Morgan fingerprint density at radius 1 is 1.10 bits per heavy atom. The van der Waals surface area contributed by atoms with Gasteiger partial charge in [-0.3, -0.25) is 4.79 Å². The number of nitrogens with zero attached hydrogens (tertiary/aromatic N) is 6. The van der Waals surface area contributed by atoms with Crippen LogP contribution < -0.4 is 5.32 Å². The molecule has 0 saturated carbocycles. The summed E-state index contributed by atoms with van der Waals surface area (Å²) in [4.78, 5) is 12.7. The molecule has 154 valence electrons. The molecule has 0 aliphatic heterocycles. The Bertz CT molecular complexity index is 1220. The number of benzene rings is 2. The Labute approximate surface area is 179 Å². The van der Waals surface area contributed by atoms with Gasteiger partial charge < -0.3 is 5.32 Å². The lowest BCUT2D eigenvalue weighted by molar-refractivity contribution is 0.0953. The molecule has 2 heterocycles. The van der Waals surface area contributed by atoms with Crippen LogP contribution >= 0.6 is 0 Å². The van der Waals surface area contributed by atoms with Gasteiger partial charge in [-0.1, -0.05) is 30.0 Å². The van der Waals surface area contributed by atoms with Gasteiger partial charge in [-0.05, 0) is 53.2 Å². The molecule has 4 aromatic rings. The Kier molecular flexibility index (Phi) is 6.14. The number of aromatic nitrogens is 6. The SMILES string of the molecule is Cn1nnnc1CCCNC(=O)c1ccc(-n2cccn2)c(C#Cc2ccccc2)c1. The highest BCUT2D eigenvalue weighted by Gasteiger charge is 2.10. The molecule has 31 heavy (non-hydrogen) atoms. The molecule has 0 fully saturated rings. The van der Waals surface area contributed by atoms with Gasteiger partial charge in [-0.25, -0.2) is 9.36 Å². The lowest BCUT2D eigenvalue weighted by Gasteiger charge is -2.09. The van der Waals surface area contributed by atoms with Gasteiger partial charge >= 0.3 is 0 Å². The van der Waals surface area contributed by atoms with Gasteiger partial charge in [0.15, 0.2) is 5.82 Å². The molecular formula is C23H21N7O. The number of carbonyl (C=O) groups excluding carboxylic acids is 1. The first kappa shape index (κ1) is 20.0. The second-order valence-electron chi connectivity index (χ2n) is 6.88. The van der Waals surface area contributed by atoms with Crippen LogP contribution in [-0.2, 0) is 13.5 Å². The third kappa shape index (κ3) is 5.03. The molecule has 0 aliphatic rings. The van der Waals surface area contributed by atoms with E-state index in [1.165, 1.54) is 0 Å². The standard InChI is InChI=1S/C23H21N7O/c1-29-22(26-27-28-29)9-5-14-24-23(31)20-12-13-21(30-16-6-15-25-30)19(17-20)11-10-18-7-3-2-4-8-18/h2-4,6-8,12-13,15-17H,5,9,14H2,1H3,(H,24,31). The van der Waals surface area contributed by atoms with Crippen molar-refractivity contribution in [3.05, 3.63) is 89.5 Å². The van der Waals surface area contributed by atoms with Crippen LogP contribution in [0.5, 0.6) is 0 Å². The van der Waals surface area contributed by atoms with Crippen molar-refractivity contribution in [3.8, 4) is 17.5 Å². The van der Waals surface area contributed by atoms with E-state index >= 15 is 0 Å². The second kappa shape index (κ2) is 9.50. The van der Waals surface area contributed by atoms with Crippen molar-refractivity contribution in [3.63, 3.8) is 0 Å². The van der Waals surface area contributed by atoms with Crippen LogP contribution in [0.1, 0.15) is 33.7 Å². The lowest BCUT2D eigenvalue weighted by Crippen LogP contribution is -2.25. The number of amides is 1. The molecule has 2 aromatic heterocycles. The maximum Gasteiger partial charge on any atom is 0.251 e. The predicted molar refractivity (Wildman–Crippen MR) is 115 cm³/mol. The van der Waals surface area contributed by atoms with E-state index in [2.05, 4.69) is 37.8 Å². The molecule has 2 aromatic carbocycles. The first-order valence-corrected chi connectivity index (χ1v) is 9.91. The number of tetrazole rings is 1. The average Bonchev–Trinajstić information content (AvgIpc) is 3.48. The molecule has 0 spiro atoms. The summed E-state index contributed by atoms with van der Waals surface area (Å²) in [6, 6.07) is 17.0. The topological polar surface area (TPSA) is 90.5 Å². The molecule has 0 saturated heterocycles. The monoisotopic (exact) mass is 411 g/mol. The molecule has 4 rings (SSSR count). The van der Waals surface area contributed by atoms with Crippen LogP contribution in [0.15, 0.2) is 67.0 Å². The van der Waals surface area contributed by atoms with Crippen LogP contribution in [0.2, 0.25) is 0 Å². The summed E-state index contributed by atoms with van der Waals surface area (Å²) in [6.45, 7) is 0.525. The molecule has 1 amide bonds. The summed E-state index contributed by atoms with van der Waals surface area (Å²) < 4.78 is 3.37. The molecule has 0 radical (unpaired) electrons. The fraction of sp³-hybridized carbons (Fsp3) is 0.174. The zero-order valence-corrected chi connectivity index (χ0v) is 17.1. The maximum atomic E-state index is 12.7. The molecule has 8 heteroatoms. The fourth-order valence-corrected chi connectivity index (χ4v) is 3.06. The summed E-state index contributed by atoms with van der Waals surface area (Å²) in [7, 11) is 1.80. The van der Waals surface area contributed by atoms with Crippen LogP contribution in [0.4, 0.5) is 0 Å². The number of rotatable bonds is 6. The largest absolute Gasteiger partial charge is 0.352 e. The van der Waals surface area contributed by atoms with Crippen molar-refractivity contribution in [2.45, 2.75) is 12.8 Å². The zero-order chi connectivity index (χ0) is 21.5. The summed E-state index contributed by atoms with van der Waals surface area (Å²) in [5.74, 6) is 6.99. The van der Waals surface area contributed by atoms with Crippen molar-refractivity contribution in [1.82, 2.24) is 35.3 Å². The van der Waals surface area contributed by atoms with Crippen molar-refractivity contribution < 1.29 is 4.79 Å². The maximum absolute atomic E-state index is 12.7. The summed E-state index contributed by atoms with van der Waals surface area (Å²) >= 11 is 0. The van der Waals surface area contributed by atoms with E-state index in [1.807, 2.05) is 48.7 Å². The number of hydrogen-bond acceptors (Lipinski definition) is 5. The molecule has 0 bridgehead atoms. The summed E-state index contributed by atoms with van der Waals surface area (Å²) in [5.41, 5.74) is 3.00. The van der Waals surface area contributed by atoms with Gasteiger partial charge in [0.25, 0.3) is 5.91 Å². The van der Waals surface area contributed by atoms with Crippen molar-refractivity contribution >= 4 is 5.91 Å². The van der Waals surface area contributed by atoms with Crippen molar-refractivity contribution in [2.24, 2.45) is 7.05 Å². The van der Waals surface area contributed by atoms with Crippen LogP contribution in [0, 0.1) is 11.8 Å². The number of hydrogen-bond donors (Lipinski definition) is 1. The number of nitrogens with one attached hydrogen (secondary N) is 1. The molecule has 1 N–H and O–H groups in total. The van der Waals surface area contributed by atoms with Crippen molar-refractivity contribution in [1.29, 1.82) is 0 Å². The Hall–Kier alpha value is -4.25. The zero-order valence-electron chi connectivity index (χ0n) is 17.1. The van der Waals surface area contributed by atoms with E-state index in [9.17, 15) is 4.79 Å². The highest BCUT2D eigenvalue weighted by atomic mass is 16.1. The Morgan fingerprint density at radius 3 is 2.71 bits per heavy atom. The van der Waals surface area contributed by atoms with E-state index in [0.717, 1.165) is 29.1 Å². The molecule has 8 nitrogen and oxygen atoms in total. The average molecular weight is 411 g/mol. The molecular weight excluding hydrogens is 390 g/mol. The van der Waals surface area contributed by atoms with Crippen LogP contribution in [0.3, 0.4) is 0 Å². The second-order valence-corrected chi connectivity index (χ2v) is 6.88. The van der Waals surface area contributed by atoms with Crippen molar-refractivity contribution in [2.75, 3.05) is 6.54 Å². The van der Waals surface area contributed by atoms with Gasteiger partial charge in [0.2, 0.25) is 0 Å². The molecule has 0 unspecified atom stereocenters. The lowest BCUT2D eigenvalue weighted by atomic mass is 10.1. The smallest absolute Gasteiger partial charge is 0.251 e. The van der Waals surface area contributed by atoms with E-state index in [-0.39, 0.29) is 5.91 Å². The van der Waals surface area contributed by atoms with E-state index in [4.69, 9.17) is 0 Å². The quantitative estimate of drug-likeness (QED) is 0.388. The van der Waals surface area contributed by atoms with Gasteiger partial charge in [0.1, 0.15) is 0 Å². The van der Waals surface area contributed by atoms with Crippen LogP contribution in [-0.4, -0.2) is 42.4 Å². The minimum Gasteiger partial charge on any atom is -0.352 e. The Morgan fingerprint density at radius 2 is 1.97 bits per heavy atom.